The van der Waals surface area contributed by atoms with Crippen molar-refractivity contribution in [1.29, 1.82) is 0 Å². The van der Waals surface area contributed by atoms with E-state index in [-0.39, 0.29) is 12.3 Å². The van der Waals surface area contributed by atoms with Crippen molar-refractivity contribution in [2.24, 2.45) is 11.8 Å². The van der Waals surface area contributed by atoms with Crippen LogP contribution in [0.5, 0.6) is 0 Å². The van der Waals surface area contributed by atoms with Crippen LogP contribution in [0.15, 0.2) is 18.2 Å². The van der Waals surface area contributed by atoms with E-state index in [1.165, 1.54) is 0 Å². The van der Waals surface area contributed by atoms with Crippen molar-refractivity contribution in [1.82, 2.24) is 0 Å². The smallest absolute Gasteiger partial charge is 0.317 e. The Morgan fingerprint density at radius 3 is 2.54 bits per heavy atom. The van der Waals surface area contributed by atoms with E-state index in [2.05, 4.69) is 5.32 Å². The Kier molecular flexibility index (Phi) is 3.35. The van der Waals surface area contributed by atoms with Crippen molar-refractivity contribution in [3.05, 3.63) is 29.3 Å². The normalized spacial score (nSPS) is 34.4. The third-order valence-electron chi connectivity index (χ3n) is 5.31. The molecule has 2 aliphatic heterocycles. The topological polar surface area (TPSA) is 102 Å². The quantitative estimate of drug-likeness (QED) is 0.612. The molecule has 5 atom stereocenters. The predicted molar refractivity (Wildman–Crippen MR) is 80.9 cm³/mol. The standard InChI is InChI=1S/C17H17NO6/c1-18-7-2-3-8-9(11-6-13(19)23-15(11)20)5-12-14(10(8)4-7)17(22)24-16(12)21/h2-4,9,11-12,14,17-18,22H,5-6H2,1H3. The Morgan fingerprint density at radius 1 is 1.08 bits per heavy atom. The highest BCUT2D eigenvalue weighted by atomic mass is 16.6. The molecule has 126 valence electrons. The first-order chi connectivity index (χ1) is 11.5. The number of carbonyl (C=O) groups excluding carboxylic acids is 3. The molecule has 0 aromatic heterocycles. The van der Waals surface area contributed by atoms with Gasteiger partial charge in [-0.05, 0) is 35.6 Å². The summed E-state index contributed by atoms with van der Waals surface area (Å²) in [5.41, 5.74) is 2.49. The van der Waals surface area contributed by atoms with E-state index < -0.39 is 42.0 Å². The fraction of sp³-hybridized carbons (Fsp3) is 0.471. The molecule has 2 heterocycles. The first-order valence-corrected chi connectivity index (χ1v) is 7.94. The number of hydrogen-bond donors (Lipinski definition) is 2. The van der Waals surface area contributed by atoms with Crippen LogP contribution in [0.2, 0.25) is 0 Å². The average molecular weight is 331 g/mol. The number of rotatable bonds is 2. The second-order valence-electron chi connectivity index (χ2n) is 6.50. The zero-order valence-electron chi connectivity index (χ0n) is 13.0. The molecule has 1 aromatic rings. The number of aliphatic hydroxyl groups excluding tert-OH is 1. The number of anilines is 1. The fourth-order valence-electron chi connectivity index (χ4n) is 4.18. The number of esters is 3. The number of cyclic esters (lactones) is 3. The molecular weight excluding hydrogens is 314 g/mol. The number of nitrogens with one attached hydrogen (secondary N) is 1. The van der Waals surface area contributed by atoms with Gasteiger partial charge in [0.25, 0.3) is 0 Å². The number of benzene rings is 1. The zero-order valence-corrected chi connectivity index (χ0v) is 13.0. The number of hydrogen-bond acceptors (Lipinski definition) is 7. The van der Waals surface area contributed by atoms with Crippen molar-refractivity contribution < 1.29 is 29.0 Å². The van der Waals surface area contributed by atoms with Gasteiger partial charge < -0.3 is 19.9 Å². The molecule has 2 fully saturated rings. The van der Waals surface area contributed by atoms with Crippen LogP contribution in [0.1, 0.15) is 35.8 Å². The lowest BCUT2D eigenvalue weighted by Crippen LogP contribution is -2.32. The molecule has 7 heteroatoms. The largest absolute Gasteiger partial charge is 0.435 e. The number of ether oxygens (including phenoxy) is 2. The molecule has 4 rings (SSSR count). The maximum atomic E-state index is 12.1. The first-order valence-electron chi connectivity index (χ1n) is 7.94. The lowest BCUT2D eigenvalue weighted by atomic mass is 9.66. The second-order valence-corrected chi connectivity index (χ2v) is 6.50. The summed E-state index contributed by atoms with van der Waals surface area (Å²) in [7, 11) is 1.78. The van der Waals surface area contributed by atoms with Crippen molar-refractivity contribution >= 4 is 23.6 Å². The lowest BCUT2D eigenvalue weighted by Gasteiger charge is -2.34. The Balaban J connectivity index is 1.82. The van der Waals surface area contributed by atoms with Crippen LogP contribution in [0.3, 0.4) is 0 Å². The van der Waals surface area contributed by atoms with Gasteiger partial charge in [0, 0.05) is 12.7 Å². The summed E-state index contributed by atoms with van der Waals surface area (Å²) in [5, 5.41) is 13.2. The summed E-state index contributed by atoms with van der Waals surface area (Å²) in [6, 6.07) is 5.62. The Bertz CT molecular complexity index is 745. The lowest BCUT2D eigenvalue weighted by molar-refractivity contribution is -0.157. The molecule has 2 N–H and O–H groups in total. The molecule has 0 saturated carbocycles. The molecule has 0 radical (unpaired) electrons. The third-order valence-corrected chi connectivity index (χ3v) is 5.31. The molecule has 0 amide bonds. The Hall–Kier alpha value is -2.41. The van der Waals surface area contributed by atoms with Gasteiger partial charge in [-0.25, -0.2) is 0 Å². The monoisotopic (exact) mass is 331 g/mol. The Morgan fingerprint density at radius 2 is 1.88 bits per heavy atom. The van der Waals surface area contributed by atoms with E-state index in [1.54, 1.807) is 7.05 Å². The van der Waals surface area contributed by atoms with Crippen molar-refractivity contribution in [3.8, 4) is 0 Å². The minimum absolute atomic E-state index is 0.0196. The van der Waals surface area contributed by atoms with Crippen LogP contribution in [0, 0.1) is 11.8 Å². The SMILES string of the molecule is CNc1ccc2c(c1)C1C(O)OC(=O)C1CC2C1CC(=O)OC1=O. The number of fused-ring (bicyclic) bond motifs is 3. The highest BCUT2D eigenvalue weighted by molar-refractivity contribution is 5.95. The van der Waals surface area contributed by atoms with Crippen LogP contribution in [0.25, 0.3) is 0 Å². The average Bonchev–Trinajstić information content (AvgIpc) is 3.04. The predicted octanol–water partition coefficient (Wildman–Crippen LogP) is 0.880. The van der Waals surface area contributed by atoms with E-state index >= 15 is 0 Å². The summed E-state index contributed by atoms with van der Waals surface area (Å²) in [6.45, 7) is 0. The molecule has 0 spiro atoms. The van der Waals surface area contributed by atoms with Crippen molar-refractivity contribution in [3.63, 3.8) is 0 Å². The minimum Gasteiger partial charge on any atom is -0.435 e. The zero-order chi connectivity index (χ0) is 17.0. The molecule has 1 aromatic carbocycles. The highest BCUT2D eigenvalue weighted by Gasteiger charge is 2.53. The summed E-state index contributed by atoms with van der Waals surface area (Å²) in [5.74, 6) is -3.41. The number of carbonyl (C=O) groups is 3. The summed E-state index contributed by atoms with van der Waals surface area (Å²) in [6.07, 6.45) is -0.808. The van der Waals surface area contributed by atoms with E-state index in [1.807, 2.05) is 18.2 Å². The van der Waals surface area contributed by atoms with E-state index in [0.717, 1.165) is 16.8 Å². The molecular formula is C17H17NO6. The van der Waals surface area contributed by atoms with Crippen LogP contribution in [-0.4, -0.2) is 36.4 Å². The van der Waals surface area contributed by atoms with Crippen LogP contribution < -0.4 is 5.32 Å². The Labute approximate surface area is 137 Å². The minimum atomic E-state index is -1.19. The van der Waals surface area contributed by atoms with E-state index in [0.29, 0.717) is 6.42 Å². The maximum absolute atomic E-state index is 12.1. The van der Waals surface area contributed by atoms with E-state index in [4.69, 9.17) is 9.47 Å². The van der Waals surface area contributed by atoms with Gasteiger partial charge in [-0.15, -0.1) is 0 Å². The number of aliphatic hydroxyl groups is 1. The molecule has 0 bridgehead atoms. The fourth-order valence-corrected chi connectivity index (χ4v) is 4.18. The summed E-state index contributed by atoms with van der Waals surface area (Å²) < 4.78 is 9.70. The van der Waals surface area contributed by atoms with Gasteiger partial charge >= 0.3 is 17.9 Å². The van der Waals surface area contributed by atoms with Gasteiger partial charge in [0.2, 0.25) is 6.29 Å². The molecule has 24 heavy (non-hydrogen) atoms. The third kappa shape index (κ3) is 2.11. The van der Waals surface area contributed by atoms with Gasteiger partial charge in [-0.2, -0.15) is 0 Å². The molecule has 1 aliphatic carbocycles. The second kappa shape index (κ2) is 5.31. The van der Waals surface area contributed by atoms with Gasteiger partial charge in [0.15, 0.2) is 0 Å². The van der Waals surface area contributed by atoms with Crippen molar-refractivity contribution in [2.45, 2.75) is 31.0 Å². The maximum Gasteiger partial charge on any atom is 0.317 e. The van der Waals surface area contributed by atoms with Gasteiger partial charge in [0.05, 0.1) is 24.2 Å². The van der Waals surface area contributed by atoms with E-state index in [9.17, 15) is 19.5 Å². The summed E-state index contributed by atoms with van der Waals surface area (Å²) in [4.78, 5) is 35.6. The first kappa shape index (κ1) is 15.1. The molecule has 7 nitrogen and oxygen atoms in total. The molecule has 3 aliphatic rings. The van der Waals surface area contributed by atoms with Gasteiger partial charge in [-0.1, -0.05) is 6.07 Å². The van der Waals surface area contributed by atoms with Crippen LogP contribution in [0.4, 0.5) is 5.69 Å². The highest BCUT2D eigenvalue weighted by Crippen LogP contribution is 2.52. The van der Waals surface area contributed by atoms with Crippen LogP contribution in [-0.2, 0) is 23.9 Å². The van der Waals surface area contributed by atoms with Gasteiger partial charge in [-0.3, -0.25) is 14.4 Å². The van der Waals surface area contributed by atoms with Gasteiger partial charge in [0.1, 0.15) is 0 Å². The molecule has 2 saturated heterocycles. The molecule has 5 unspecified atom stereocenters. The van der Waals surface area contributed by atoms with Crippen LogP contribution >= 0.6 is 0 Å². The van der Waals surface area contributed by atoms with Crippen molar-refractivity contribution in [2.75, 3.05) is 12.4 Å². The summed E-state index contributed by atoms with van der Waals surface area (Å²) >= 11 is 0.